The molecule has 0 aliphatic carbocycles. The molecule has 3 heterocycles. The first-order chi connectivity index (χ1) is 18.5. The third-order valence-electron chi connectivity index (χ3n) is 6.27. The van der Waals surface area contributed by atoms with E-state index in [0.717, 1.165) is 21.2 Å². The van der Waals surface area contributed by atoms with Crippen LogP contribution in [0.25, 0.3) is 11.8 Å². The van der Waals surface area contributed by atoms with E-state index in [9.17, 15) is 9.59 Å². The van der Waals surface area contributed by atoms with E-state index in [-0.39, 0.29) is 19.0 Å². The topological polar surface area (TPSA) is 79.1 Å². The number of aromatic nitrogens is 1. The molecule has 0 N–H and O–H groups in total. The lowest BCUT2D eigenvalue weighted by Crippen LogP contribution is -2.40. The van der Waals surface area contributed by atoms with Crippen LogP contribution in [0.15, 0.2) is 92.6 Å². The maximum atomic E-state index is 14.0. The molecule has 0 fully saturated rings. The number of benzene rings is 3. The number of esters is 1. The number of hydrogen-bond acceptors (Lipinski definition) is 7. The number of hydrogen-bond donors (Lipinski definition) is 0. The summed E-state index contributed by atoms with van der Waals surface area (Å²) in [6.07, 6.45) is 1.80. The van der Waals surface area contributed by atoms with Crippen molar-refractivity contribution in [1.82, 2.24) is 4.57 Å². The smallest absolute Gasteiger partial charge is 0.338 e. The minimum Gasteiger partial charge on any atom is -0.463 e. The van der Waals surface area contributed by atoms with Crippen molar-refractivity contribution >= 4 is 45.0 Å². The SMILES string of the molecule is CCOC(=O)C1=C(c2ccccc2)N=c2s/c(=C\c3cc4c(cc3Br)OCO4)c(=O)n2[C@H]1c1ccccc1. The predicted molar refractivity (Wildman–Crippen MR) is 148 cm³/mol. The lowest BCUT2D eigenvalue weighted by molar-refractivity contribution is -0.138. The zero-order valence-corrected chi connectivity index (χ0v) is 22.6. The zero-order valence-electron chi connectivity index (χ0n) is 20.2. The normalized spacial score (nSPS) is 16.3. The lowest BCUT2D eigenvalue weighted by Gasteiger charge is -2.25. The molecule has 7 nitrogen and oxygen atoms in total. The molecule has 9 heteroatoms. The van der Waals surface area contributed by atoms with Gasteiger partial charge >= 0.3 is 5.97 Å². The van der Waals surface area contributed by atoms with Gasteiger partial charge in [-0.05, 0) is 36.3 Å². The summed E-state index contributed by atoms with van der Waals surface area (Å²) >= 11 is 4.85. The van der Waals surface area contributed by atoms with Gasteiger partial charge in [0.1, 0.15) is 0 Å². The van der Waals surface area contributed by atoms with Crippen LogP contribution in [-0.2, 0) is 9.53 Å². The van der Waals surface area contributed by atoms with Crippen molar-refractivity contribution in [2.75, 3.05) is 13.4 Å². The quantitative estimate of drug-likeness (QED) is 0.322. The molecule has 4 aromatic rings. The van der Waals surface area contributed by atoms with Gasteiger partial charge in [0.15, 0.2) is 16.3 Å². The average molecular weight is 589 g/mol. The minimum atomic E-state index is -0.705. The van der Waals surface area contributed by atoms with Gasteiger partial charge in [-0.1, -0.05) is 87.9 Å². The summed E-state index contributed by atoms with van der Waals surface area (Å²) in [5.74, 6) is 0.758. The van der Waals surface area contributed by atoms with Gasteiger partial charge in [0, 0.05) is 10.0 Å². The highest BCUT2D eigenvalue weighted by atomic mass is 79.9. The van der Waals surface area contributed by atoms with Gasteiger partial charge < -0.3 is 14.2 Å². The van der Waals surface area contributed by atoms with Crippen molar-refractivity contribution in [3.05, 3.63) is 119 Å². The first-order valence-electron chi connectivity index (χ1n) is 12.0. The van der Waals surface area contributed by atoms with Gasteiger partial charge in [-0.15, -0.1) is 0 Å². The standard InChI is InChI=1S/C29H21BrN2O5S/c1-2-35-28(34)24-25(17-9-5-3-6-10-17)31-29-32(26(24)18-11-7-4-8-12-18)27(33)23(38-29)14-19-13-21-22(15-20(19)30)37-16-36-21/h3-15,26H,2,16H2,1H3/b23-14-/t26-/m0/s1. The second kappa shape index (κ2) is 10.1. The fraction of sp³-hybridized carbons (Fsp3) is 0.138. The Balaban J connectivity index is 1.62. The average Bonchev–Trinajstić information content (AvgIpc) is 3.52. The van der Waals surface area contributed by atoms with Gasteiger partial charge in [-0.25, -0.2) is 9.79 Å². The summed E-state index contributed by atoms with van der Waals surface area (Å²) in [4.78, 5) is 32.8. The Morgan fingerprint density at radius 1 is 1.11 bits per heavy atom. The van der Waals surface area contributed by atoms with Crippen LogP contribution in [0.5, 0.6) is 11.5 Å². The number of halogens is 1. The number of carbonyl (C=O) groups is 1. The minimum absolute atomic E-state index is 0.156. The molecule has 1 atom stereocenters. The van der Waals surface area contributed by atoms with Crippen molar-refractivity contribution in [2.24, 2.45) is 4.99 Å². The van der Waals surface area contributed by atoms with Crippen LogP contribution in [0, 0.1) is 0 Å². The summed E-state index contributed by atoms with van der Waals surface area (Å²) < 4.78 is 19.3. The predicted octanol–water partition coefficient (Wildman–Crippen LogP) is 4.43. The van der Waals surface area contributed by atoms with Crippen molar-refractivity contribution in [1.29, 1.82) is 0 Å². The molecule has 0 radical (unpaired) electrons. The monoisotopic (exact) mass is 588 g/mol. The van der Waals surface area contributed by atoms with Gasteiger partial charge in [0.2, 0.25) is 6.79 Å². The van der Waals surface area contributed by atoms with E-state index in [2.05, 4.69) is 15.9 Å². The number of nitrogens with zero attached hydrogens (tertiary/aromatic N) is 2. The van der Waals surface area contributed by atoms with Crippen LogP contribution in [0.3, 0.4) is 0 Å². The highest BCUT2D eigenvalue weighted by molar-refractivity contribution is 9.10. The van der Waals surface area contributed by atoms with Gasteiger partial charge in [-0.3, -0.25) is 9.36 Å². The van der Waals surface area contributed by atoms with Crippen LogP contribution < -0.4 is 24.4 Å². The third-order valence-corrected chi connectivity index (χ3v) is 7.94. The largest absolute Gasteiger partial charge is 0.463 e. The van der Waals surface area contributed by atoms with E-state index < -0.39 is 12.0 Å². The van der Waals surface area contributed by atoms with Crippen molar-refractivity contribution < 1.29 is 19.0 Å². The van der Waals surface area contributed by atoms with E-state index in [0.29, 0.717) is 32.1 Å². The first-order valence-corrected chi connectivity index (χ1v) is 13.6. The maximum Gasteiger partial charge on any atom is 0.338 e. The Morgan fingerprint density at radius 3 is 2.50 bits per heavy atom. The Labute approximate surface area is 230 Å². The number of rotatable bonds is 5. The van der Waals surface area contributed by atoms with Crippen molar-refractivity contribution in [2.45, 2.75) is 13.0 Å². The van der Waals surface area contributed by atoms with Crippen LogP contribution in [0.4, 0.5) is 0 Å². The Hall–Kier alpha value is -3.95. The fourth-order valence-electron chi connectivity index (χ4n) is 4.58. The van der Waals surface area contributed by atoms with E-state index >= 15 is 0 Å². The summed E-state index contributed by atoms with van der Waals surface area (Å²) in [6.45, 7) is 2.12. The molecular formula is C29H21BrN2O5S. The second-order valence-electron chi connectivity index (χ2n) is 8.57. The molecule has 2 aliphatic heterocycles. The molecule has 0 bridgehead atoms. The first kappa shape index (κ1) is 24.4. The van der Waals surface area contributed by atoms with Crippen LogP contribution in [0.2, 0.25) is 0 Å². The number of carbonyl (C=O) groups excluding carboxylic acids is 1. The third kappa shape index (κ3) is 4.27. The molecule has 0 amide bonds. The molecule has 38 heavy (non-hydrogen) atoms. The molecule has 1 aromatic heterocycles. The Kier molecular flexibility index (Phi) is 6.47. The number of thiazole rings is 1. The molecule has 190 valence electrons. The lowest BCUT2D eigenvalue weighted by atomic mass is 9.93. The van der Waals surface area contributed by atoms with Crippen LogP contribution >= 0.6 is 27.3 Å². The van der Waals surface area contributed by atoms with Crippen LogP contribution in [0.1, 0.15) is 29.7 Å². The number of fused-ring (bicyclic) bond motifs is 2. The summed E-state index contributed by atoms with van der Waals surface area (Å²) in [7, 11) is 0. The van der Waals surface area contributed by atoms with E-state index in [1.54, 1.807) is 17.6 Å². The second-order valence-corrected chi connectivity index (χ2v) is 10.4. The summed E-state index contributed by atoms with van der Waals surface area (Å²) in [6, 6.07) is 21.9. The van der Waals surface area contributed by atoms with Gasteiger partial charge in [-0.2, -0.15) is 0 Å². The molecular weight excluding hydrogens is 568 g/mol. The van der Waals surface area contributed by atoms with E-state index in [4.69, 9.17) is 19.2 Å². The molecule has 6 rings (SSSR count). The van der Waals surface area contributed by atoms with Gasteiger partial charge in [0.05, 0.1) is 28.5 Å². The number of ether oxygens (including phenoxy) is 3. The fourth-order valence-corrected chi connectivity index (χ4v) is 6.00. The molecule has 2 aliphatic rings. The molecule has 0 saturated heterocycles. The summed E-state index contributed by atoms with van der Waals surface area (Å²) in [5, 5.41) is 0. The highest BCUT2D eigenvalue weighted by Gasteiger charge is 2.35. The highest BCUT2D eigenvalue weighted by Crippen LogP contribution is 2.38. The van der Waals surface area contributed by atoms with E-state index in [1.165, 1.54) is 11.3 Å². The zero-order chi connectivity index (χ0) is 26.2. The Morgan fingerprint density at radius 2 is 1.79 bits per heavy atom. The molecule has 3 aromatic carbocycles. The molecule has 0 unspecified atom stereocenters. The molecule has 0 spiro atoms. The molecule has 0 saturated carbocycles. The van der Waals surface area contributed by atoms with Gasteiger partial charge in [0.25, 0.3) is 5.56 Å². The Bertz CT molecular complexity index is 1760. The van der Waals surface area contributed by atoms with Crippen molar-refractivity contribution in [3.63, 3.8) is 0 Å². The van der Waals surface area contributed by atoms with E-state index in [1.807, 2.05) is 72.8 Å². The summed E-state index contributed by atoms with van der Waals surface area (Å²) in [5.41, 5.74) is 2.90. The van der Waals surface area contributed by atoms with Crippen molar-refractivity contribution in [3.8, 4) is 11.5 Å². The maximum absolute atomic E-state index is 14.0. The van der Waals surface area contributed by atoms with Crippen LogP contribution in [-0.4, -0.2) is 23.9 Å².